The molecule has 1 aromatic rings. The molecule has 1 aliphatic rings. The van der Waals surface area contributed by atoms with Gasteiger partial charge in [-0.15, -0.1) is 0 Å². The van der Waals surface area contributed by atoms with Crippen molar-refractivity contribution in [2.75, 3.05) is 18.4 Å². The van der Waals surface area contributed by atoms with Crippen molar-refractivity contribution in [3.8, 4) is 0 Å². The number of amides is 1. The number of carbonyl (C=O) groups is 1. The lowest BCUT2D eigenvalue weighted by atomic mass is 10.1. The minimum atomic E-state index is 0.177. The Morgan fingerprint density at radius 2 is 2.17 bits per heavy atom. The molecule has 1 unspecified atom stereocenters. The maximum Gasteiger partial charge on any atom is 0.256 e. The molecule has 1 amide bonds. The number of benzene rings is 1. The summed E-state index contributed by atoms with van der Waals surface area (Å²) in [6.45, 7) is 5.94. The van der Waals surface area contributed by atoms with Gasteiger partial charge in [-0.25, -0.2) is 0 Å². The standard InChI is InChI=1S/C15H22N2O/c1-3-12-8-7-11-17(12)15(18)13-9-5-6-10-14(13)16-4-2/h5-6,9-10,12,16H,3-4,7-8,11H2,1-2H3. The summed E-state index contributed by atoms with van der Waals surface area (Å²) in [5.41, 5.74) is 1.76. The smallest absolute Gasteiger partial charge is 0.256 e. The van der Waals surface area contributed by atoms with Gasteiger partial charge >= 0.3 is 0 Å². The third-order valence-electron chi connectivity index (χ3n) is 3.63. The molecule has 1 aliphatic heterocycles. The number of nitrogens with zero attached hydrogens (tertiary/aromatic N) is 1. The van der Waals surface area contributed by atoms with Crippen LogP contribution in [0.4, 0.5) is 5.69 Å². The molecule has 0 saturated carbocycles. The highest BCUT2D eigenvalue weighted by Gasteiger charge is 2.28. The summed E-state index contributed by atoms with van der Waals surface area (Å²) < 4.78 is 0. The predicted molar refractivity (Wildman–Crippen MR) is 75.0 cm³/mol. The van der Waals surface area contributed by atoms with E-state index in [1.54, 1.807) is 0 Å². The van der Waals surface area contributed by atoms with Gasteiger partial charge in [0.1, 0.15) is 0 Å². The summed E-state index contributed by atoms with van der Waals surface area (Å²) in [4.78, 5) is 14.6. The molecule has 0 aromatic heterocycles. The molecule has 3 heteroatoms. The van der Waals surface area contributed by atoms with Crippen molar-refractivity contribution in [1.29, 1.82) is 0 Å². The molecule has 18 heavy (non-hydrogen) atoms. The van der Waals surface area contributed by atoms with Crippen molar-refractivity contribution >= 4 is 11.6 Å². The van der Waals surface area contributed by atoms with Crippen molar-refractivity contribution < 1.29 is 4.79 Å². The monoisotopic (exact) mass is 246 g/mol. The molecule has 1 atom stereocenters. The van der Waals surface area contributed by atoms with Crippen LogP contribution in [0.1, 0.15) is 43.5 Å². The Labute approximate surface area is 109 Å². The van der Waals surface area contributed by atoms with Crippen LogP contribution in [0, 0.1) is 0 Å². The fourth-order valence-electron chi connectivity index (χ4n) is 2.70. The molecule has 1 N–H and O–H groups in total. The zero-order valence-corrected chi connectivity index (χ0v) is 11.3. The lowest BCUT2D eigenvalue weighted by Gasteiger charge is -2.24. The number of rotatable bonds is 4. The van der Waals surface area contributed by atoms with E-state index >= 15 is 0 Å². The van der Waals surface area contributed by atoms with Crippen LogP contribution in [0.15, 0.2) is 24.3 Å². The quantitative estimate of drug-likeness (QED) is 0.885. The summed E-state index contributed by atoms with van der Waals surface area (Å²) in [5, 5.41) is 3.27. The van der Waals surface area contributed by atoms with Gasteiger partial charge in [0, 0.05) is 24.8 Å². The minimum Gasteiger partial charge on any atom is -0.385 e. The Bertz CT molecular complexity index is 417. The van der Waals surface area contributed by atoms with Crippen LogP contribution in [0.5, 0.6) is 0 Å². The van der Waals surface area contributed by atoms with E-state index in [2.05, 4.69) is 12.2 Å². The average Bonchev–Trinajstić information content (AvgIpc) is 2.87. The van der Waals surface area contributed by atoms with Gasteiger partial charge in [-0.3, -0.25) is 4.79 Å². The number of para-hydroxylation sites is 1. The number of likely N-dealkylation sites (tertiary alicyclic amines) is 1. The molecule has 1 saturated heterocycles. The molecule has 98 valence electrons. The van der Waals surface area contributed by atoms with Gasteiger partial charge in [0.25, 0.3) is 5.91 Å². The van der Waals surface area contributed by atoms with Crippen molar-refractivity contribution in [2.24, 2.45) is 0 Å². The number of hydrogen-bond donors (Lipinski definition) is 1. The van der Waals surface area contributed by atoms with Crippen LogP contribution < -0.4 is 5.32 Å². The molecule has 1 aromatic carbocycles. The highest BCUT2D eigenvalue weighted by Crippen LogP contribution is 2.25. The molecule has 1 fully saturated rings. The largest absolute Gasteiger partial charge is 0.385 e. The van der Waals surface area contributed by atoms with Gasteiger partial charge in [-0.1, -0.05) is 19.1 Å². The summed E-state index contributed by atoms with van der Waals surface area (Å²) in [7, 11) is 0. The number of carbonyl (C=O) groups excluding carboxylic acids is 1. The molecule has 0 spiro atoms. The van der Waals surface area contributed by atoms with E-state index in [1.165, 1.54) is 0 Å². The van der Waals surface area contributed by atoms with E-state index in [4.69, 9.17) is 0 Å². The van der Waals surface area contributed by atoms with E-state index in [9.17, 15) is 4.79 Å². The molecule has 2 rings (SSSR count). The van der Waals surface area contributed by atoms with Gasteiger partial charge in [0.2, 0.25) is 0 Å². The molecular formula is C15H22N2O. The zero-order chi connectivity index (χ0) is 13.0. The van der Waals surface area contributed by atoms with Crippen molar-refractivity contribution in [3.63, 3.8) is 0 Å². The first-order valence-corrected chi connectivity index (χ1v) is 6.91. The first-order valence-electron chi connectivity index (χ1n) is 6.91. The Hall–Kier alpha value is -1.51. The van der Waals surface area contributed by atoms with Crippen molar-refractivity contribution in [1.82, 2.24) is 4.90 Å². The average molecular weight is 246 g/mol. The topological polar surface area (TPSA) is 32.3 Å². The van der Waals surface area contributed by atoms with Gasteiger partial charge in [-0.05, 0) is 38.3 Å². The second-order valence-electron chi connectivity index (χ2n) is 4.78. The molecule has 0 aliphatic carbocycles. The van der Waals surface area contributed by atoms with E-state index in [0.717, 1.165) is 43.6 Å². The van der Waals surface area contributed by atoms with E-state index < -0.39 is 0 Å². The first-order chi connectivity index (χ1) is 8.77. The normalized spacial score (nSPS) is 19.0. The fraction of sp³-hybridized carbons (Fsp3) is 0.533. The first kappa shape index (κ1) is 12.9. The lowest BCUT2D eigenvalue weighted by Crippen LogP contribution is -2.35. The van der Waals surface area contributed by atoms with Gasteiger partial charge < -0.3 is 10.2 Å². The van der Waals surface area contributed by atoms with Crippen LogP contribution in [0.3, 0.4) is 0 Å². The third-order valence-corrected chi connectivity index (χ3v) is 3.63. The predicted octanol–water partition coefficient (Wildman–Crippen LogP) is 3.13. The summed E-state index contributed by atoms with van der Waals surface area (Å²) in [5.74, 6) is 0.177. The lowest BCUT2D eigenvalue weighted by molar-refractivity contribution is 0.0734. The van der Waals surface area contributed by atoms with E-state index in [-0.39, 0.29) is 5.91 Å². The Morgan fingerprint density at radius 1 is 1.39 bits per heavy atom. The molecular weight excluding hydrogens is 224 g/mol. The maximum absolute atomic E-state index is 12.6. The Kier molecular flexibility index (Phi) is 4.24. The maximum atomic E-state index is 12.6. The van der Waals surface area contributed by atoms with Crippen LogP contribution in [-0.2, 0) is 0 Å². The molecule has 3 nitrogen and oxygen atoms in total. The number of hydrogen-bond acceptors (Lipinski definition) is 2. The van der Waals surface area contributed by atoms with Gasteiger partial charge in [0.15, 0.2) is 0 Å². The zero-order valence-electron chi connectivity index (χ0n) is 11.3. The third kappa shape index (κ3) is 2.50. The summed E-state index contributed by atoms with van der Waals surface area (Å²) in [6, 6.07) is 8.23. The van der Waals surface area contributed by atoms with Crippen molar-refractivity contribution in [2.45, 2.75) is 39.2 Å². The highest BCUT2D eigenvalue weighted by molar-refractivity contribution is 5.99. The van der Waals surface area contributed by atoms with E-state index in [1.807, 2.05) is 36.1 Å². The SMILES string of the molecule is CCNc1ccccc1C(=O)N1CCCC1CC. The summed E-state index contributed by atoms with van der Waals surface area (Å²) in [6.07, 6.45) is 3.33. The second-order valence-corrected chi connectivity index (χ2v) is 4.78. The molecule has 1 heterocycles. The molecule has 0 radical (unpaired) electrons. The second kappa shape index (κ2) is 5.89. The van der Waals surface area contributed by atoms with Gasteiger partial charge in [0.05, 0.1) is 5.56 Å². The van der Waals surface area contributed by atoms with Crippen LogP contribution >= 0.6 is 0 Å². The Balaban J connectivity index is 2.22. The van der Waals surface area contributed by atoms with Crippen LogP contribution in [-0.4, -0.2) is 29.9 Å². The number of anilines is 1. The van der Waals surface area contributed by atoms with Crippen LogP contribution in [0.25, 0.3) is 0 Å². The Morgan fingerprint density at radius 3 is 2.89 bits per heavy atom. The van der Waals surface area contributed by atoms with Gasteiger partial charge in [-0.2, -0.15) is 0 Å². The molecule has 0 bridgehead atoms. The van der Waals surface area contributed by atoms with E-state index in [0.29, 0.717) is 6.04 Å². The number of nitrogens with one attached hydrogen (secondary N) is 1. The summed E-state index contributed by atoms with van der Waals surface area (Å²) >= 11 is 0. The minimum absolute atomic E-state index is 0.177. The van der Waals surface area contributed by atoms with Crippen molar-refractivity contribution in [3.05, 3.63) is 29.8 Å². The fourth-order valence-corrected chi connectivity index (χ4v) is 2.70. The van der Waals surface area contributed by atoms with Crippen LogP contribution in [0.2, 0.25) is 0 Å². The highest BCUT2D eigenvalue weighted by atomic mass is 16.2.